The first kappa shape index (κ1) is 21.7. The molecule has 1 aromatic heterocycles. The summed E-state index contributed by atoms with van der Waals surface area (Å²) in [6.45, 7) is 5.80. The minimum absolute atomic E-state index is 0. The second kappa shape index (κ2) is 10.1. The van der Waals surface area contributed by atoms with Gasteiger partial charge >= 0.3 is 0 Å². The predicted octanol–water partition coefficient (Wildman–Crippen LogP) is 1.75. The zero-order valence-corrected chi connectivity index (χ0v) is 17.0. The smallest absolute Gasteiger partial charge is 0.236 e. The maximum atomic E-state index is 12.5. The van der Waals surface area contributed by atoms with Crippen molar-refractivity contribution in [3.8, 4) is 11.3 Å². The summed E-state index contributed by atoms with van der Waals surface area (Å²) in [6, 6.07) is 10.3. The number of hydrogen-bond donors (Lipinski definition) is 2. The second-order valence-electron chi connectivity index (χ2n) is 6.80. The highest BCUT2D eigenvalue weighted by Crippen LogP contribution is 2.26. The molecule has 1 amide bonds. The highest BCUT2D eigenvalue weighted by molar-refractivity contribution is 5.85. The van der Waals surface area contributed by atoms with Crippen LogP contribution >= 0.6 is 24.8 Å². The van der Waals surface area contributed by atoms with Crippen LogP contribution in [0.5, 0.6) is 0 Å². The predicted molar refractivity (Wildman–Crippen MR) is 112 cm³/mol. The Morgan fingerprint density at radius 2 is 1.70 bits per heavy atom. The molecule has 0 radical (unpaired) electrons. The molecule has 0 bridgehead atoms. The highest BCUT2D eigenvalue weighted by atomic mass is 35.5. The number of hydrogen-bond acceptors (Lipinski definition) is 4. The monoisotopic (exact) mass is 411 g/mol. The van der Waals surface area contributed by atoms with Crippen molar-refractivity contribution < 1.29 is 4.79 Å². The van der Waals surface area contributed by atoms with Crippen LogP contribution in [0.3, 0.4) is 0 Å². The average Bonchev–Trinajstić information content (AvgIpc) is 2.98. The van der Waals surface area contributed by atoms with E-state index < -0.39 is 0 Å². The standard InChI is InChI=1S/C19H25N5O.2ClH/c25-18(24-12-8-20-9-13-24)14-23-10-6-16-17(7-11-23)21-22-19(16)15-4-2-1-3-5-15;;/h1-5,20H,6-14H2,(H,21,22);2*1H. The molecule has 0 saturated carbocycles. The van der Waals surface area contributed by atoms with Crippen LogP contribution in [0.25, 0.3) is 11.3 Å². The third-order valence-electron chi connectivity index (χ3n) is 5.18. The number of amides is 1. The summed E-state index contributed by atoms with van der Waals surface area (Å²) in [6.07, 6.45) is 1.86. The third kappa shape index (κ3) is 5.02. The molecule has 4 rings (SSSR count). The number of benzene rings is 1. The summed E-state index contributed by atoms with van der Waals surface area (Å²) in [5, 5.41) is 11.1. The number of H-pyrrole nitrogens is 1. The van der Waals surface area contributed by atoms with Crippen molar-refractivity contribution in [1.29, 1.82) is 0 Å². The Balaban J connectivity index is 0.00000131. The molecule has 2 aliphatic rings. The highest BCUT2D eigenvalue weighted by Gasteiger charge is 2.23. The van der Waals surface area contributed by atoms with Gasteiger partial charge in [-0.05, 0) is 6.42 Å². The van der Waals surface area contributed by atoms with Crippen molar-refractivity contribution in [3.63, 3.8) is 0 Å². The Labute approximate surface area is 172 Å². The van der Waals surface area contributed by atoms with Crippen LogP contribution in [-0.4, -0.2) is 71.7 Å². The summed E-state index contributed by atoms with van der Waals surface area (Å²) in [5.41, 5.74) is 4.75. The van der Waals surface area contributed by atoms with Gasteiger partial charge in [-0.2, -0.15) is 5.10 Å². The Kier molecular flexibility index (Phi) is 8.10. The number of carbonyl (C=O) groups is 1. The Morgan fingerprint density at radius 3 is 2.44 bits per heavy atom. The van der Waals surface area contributed by atoms with Crippen molar-refractivity contribution in [2.24, 2.45) is 0 Å². The fourth-order valence-electron chi connectivity index (χ4n) is 3.73. The van der Waals surface area contributed by atoms with Gasteiger partial charge < -0.3 is 10.2 Å². The fraction of sp³-hybridized carbons (Fsp3) is 0.474. The number of nitrogens with one attached hydrogen (secondary N) is 2. The van der Waals surface area contributed by atoms with Crippen LogP contribution in [0, 0.1) is 0 Å². The van der Waals surface area contributed by atoms with E-state index in [1.165, 1.54) is 11.3 Å². The summed E-state index contributed by atoms with van der Waals surface area (Å²) in [5.74, 6) is 0.258. The lowest BCUT2D eigenvalue weighted by molar-refractivity contribution is -0.133. The van der Waals surface area contributed by atoms with Crippen molar-refractivity contribution in [1.82, 2.24) is 25.3 Å². The molecule has 8 heteroatoms. The average molecular weight is 412 g/mol. The summed E-state index contributed by atoms with van der Waals surface area (Å²) < 4.78 is 0. The van der Waals surface area contributed by atoms with Gasteiger partial charge in [0.05, 0.1) is 12.2 Å². The first-order chi connectivity index (χ1) is 12.3. The second-order valence-corrected chi connectivity index (χ2v) is 6.80. The van der Waals surface area contributed by atoms with E-state index in [4.69, 9.17) is 0 Å². The molecule has 1 saturated heterocycles. The van der Waals surface area contributed by atoms with E-state index in [1.54, 1.807) is 0 Å². The molecule has 6 nitrogen and oxygen atoms in total. The quantitative estimate of drug-likeness (QED) is 0.807. The lowest BCUT2D eigenvalue weighted by Gasteiger charge is -2.30. The minimum atomic E-state index is 0. The van der Waals surface area contributed by atoms with Gasteiger partial charge in [0.2, 0.25) is 5.91 Å². The molecule has 1 aromatic carbocycles. The van der Waals surface area contributed by atoms with Gasteiger partial charge in [-0.1, -0.05) is 30.3 Å². The van der Waals surface area contributed by atoms with Gasteiger partial charge in [-0.3, -0.25) is 14.8 Å². The third-order valence-corrected chi connectivity index (χ3v) is 5.18. The Bertz CT molecular complexity index is 731. The first-order valence-corrected chi connectivity index (χ1v) is 9.13. The lowest BCUT2D eigenvalue weighted by Crippen LogP contribution is -2.49. The molecule has 1 fully saturated rings. The first-order valence-electron chi connectivity index (χ1n) is 9.13. The number of rotatable bonds is 3. The number of piperazine rings is 1. The Hall–Kier alpha value is -1.60. The molecule has 27 heavy (non-hydrogen) atoms. The van der Waals surface area contributed by atoms with Crippen molar-refractivity contribution in [2.45, 2.75) is 12.8 Å². The largest absolute Gasteiger partial charge is 0.339 e. The van der Waals surface area contributed by atoms with Gasteiger partial charge in [0, 0.05) is 62.5 Å². The molecule has 148 valence electrons. The lowest BCUT2D eigenvalue weighted by atomic mass is 10.0. The molecule has 3 heterocycles. The molecular weight excluding hydrogens is 385 g/mol. The van der Waals surface area contributed by atoms with Crippen LogP contribution in [0.1, 0.15) is 11.3 Å². The maximum Gasteiger partial charge on any atom is 0.236 e. The number of aromatic amines is 1. The van der Waals surface area contributed by atoms with E-state index in [0.29, 0.717) is 6.54 Å². The molecule has 2 aromatic rings. The number of nitrogens with zero attached hydrogens (tertiary/aromatic N) is 3. The minimum Gasteiger partial charge on any atom is -0.339 e. The molecule has 2 N–H and O–H groups in total. The zero-order valence-electron chi connectivity index (χ0n) is 15.3. The summed E-state index contributed by atoms with van der Waals surface area (Å²) in [7, 11) is 0. The van der Waals surface area contributed by atoms with Gasteiger partial charge in [0.1, 0.15) is 0 Å². The van der Waals surface area contributed by atoms with Gasteiger partial charge in [0.25, 0.3) is 0 Å². The molecular formula is C19H27Cl2N5O. The van der Waals surface area contributed by atoms with Crippen molar-refractivity contribution in [2.75, 3.05) is 45.8 Å². The van der Waals surface area contributed by atoms with Crippen molar-refractivity contribution >= 4 is 30.7 Å². The summed E-state index contributed by atoms with van der Waals surface area (Å²) in [4.78, 5) is 16.8. The van der Waals surface area contributed by atoms with E-state index >= 15 is 0 Å². The molecule has 0 aliphatic carbocycles. The van der Waals surface area contributed by atoms with E-state index in [0.717, 1.165) is 63.4 Å². The van der Waals surface area contributed by atoms with E-state index in [9.17, 15) is 4.79 Å². The van der Waals surface area contributed by atoms with Gasteiger partial charge in [-0.25, -0.2) is 0 Å². The number of halogens is 2. The van der Waals surface area contributed by atoms with Gasteiger partial charge in [-0.15, -0.1) is 24.8 Å². The topological polar surface area (TPSA) is 64.3 Å². The van der Waals surface area contributed by atoms with Gasteiger partial charge in [0.15, 0.2) is 0 Å². The van der Waals surface area contributed by atoms with Crippen LogP contribution in [-0.2, 0) is 17.6 Å². The number of carbonyl (C=O) groups excluding carboxylic acids is 1. The van der Waals surface area contributed by atoms with E-state index in [-0.39, 0.29) is 30.7 Å². The van der Waals surface area contributed by atoms with Crippen LogP contribution < -0.4 is 5.32 Å². The normalized spacial score (nSPS) is 17.3. The van der Waals surface area contributed by atoms with Crippen LogP contribution in [0.4, 0.5) is 0 Å². The maximum absolute atomic E-state index is 12.5. The fourth-order valence-corrected chi connectivity index (χ4v) is 3.73. The molecule has 0 unspecified atom stereocenters. The number of fused-ring (bicyclic) bond motifs is 1. The Morgan fingerprint density at radius 1 is 1.00 bits per heavy atom. The van der Waals surface area contributed by atoms with Crippen LogP contribution in [0.2, 0.25) is 0 Å². The van der Waals surface area contributed by atoms with E-state index in [2.05, 4.69) is 32.5 Å². The zero-order chi connectivity index (χ0) is 17.1. The SMILES string of the molecule is Cl.Cl.O=C(CN1CCc2[nH]nc(-c3ccccc3)c2CC1)N1CCNCC1. The van der Waals surface area contributed by atoms with Crippen molar-refractivity contribution in [3.05, 3.63) is 41.6 Å². The van der Waals surface area contributed by atoms with E-state index in [1.807, 2.05) is 23.1 Å². The van der Waals surface area contributed by atoms with Crippen LogP contribution in [0.15, 0.2) is 30.3 Å². The number of aromatic nitrogens is 2. The molecule has 0 atom stereocenters. The molecule has 0 spiro atoms. The molecule has 2 aliphatic heterocycles. The summed E-state index contributed by atoms with van der Waals surface area (Å²) >= 11 is 0.